The van der Waals surface area contributed by atoms with Crippen molar-refractivity contribution in [1.29, 1.82) is 0 Å². The molecule has 8 heteroatoms. The summed E-state index contributed by atoms with van der Waals surface area (Å²) in [5.74, 6) is -1.27. The summed E-state index contributed by atoms with van der Waals surface area (Å²) in [6.45, 7) is 4.13. The molecule has 0 unspecified atom stereocenters. The van der Waals surface area contributed by atoms with Crippen molar-refractivity contribution in [3.05, 3.63) is 46.9 Å². The lowest BCUT2D eigenvalue weighted by molar-refractivity contribution is 0.0786. The zero-order valence-corrected chi connectivity index (χ0v) is 16.3. The number of hydrogen-bond donors (Lipinski definition) is 2. The smallest absolute Gasteiger partial charge is 0.274 e. The molecule has 0 saturated carbocycles. The Morgan fingerprint density at radius 2 is 2.00 bits per heavy atom. The van der Waals surface area contributed by atoms with Gasteiger partial charge in [-0.15, -0.1) is 10.2 Å². The lowest BCUT2D eigenvalue weighted by Gasteiger charge is -2.16. The Kier molecular flexibility index (Phi) is 7.57. The number of benzene rings is 1. The van der Waals surface area contributed by atoms with Crippen LogP contribution in [0, 0.1) is 12.7 Å². The molecule has 2 amide bonds. The molecule has 7 nitrogen and oxygen atoms in total. The molecule has 0 spiro atoms. The van der Waals surface area contributed by atoms with Gasteiger partial charge in [-0.1, -0.05) is 13.3 Å². The second-order valence-corrected chi connectivity index (χ2v) is 6.49. The zero-order chi connectivity index (χ0) is 20.7. The van der Waals surface area contributed by atoms with Gasteiger partial charge in [0.1, 0.15) is 5.82 Å². The number of halogens is 1. The summed E-state index contributed by atoms with van der Waals surface area (Å²) in [5, 5.41) is 19.3. The summed E-state index contributed by atoms with van der Waals surface area (Å²) in [7, 11) is 1.71. The van der Waals surface area contributed by atoms with Crippen LogP contribution in [0.1, 0.15) is 46.2 Å². The molecular weight excluding hydrogens is 363 g/mol. The Morgan fingerprint density at radius 1 is 1.25 bits per heavy atom. The first-order chi connectivity index (χ1) is 13.4. The highest BCUT2D eigenvalue weighted by Gasteiger charge is 2.17. The van der Waals surface area contributed by atoms with E-state index in [4.69, 9.17) is 5.11 Å². The minimum Gasteiger partial charge on any atom is -0.395 e. The summed E-state index contributed by atoms with van der Waals surface area (Å²) in [6.07, 6.45) is 1.88. The topological polar surface area (TPSA) is 95.4 Å². The molecule has 1 aromatic carbocycles. The van der Waals surface area contributed by atoms with Crippen LogP contribution >= 0.6 is 0 Å². The van der Waals surface area contributed by atoms with Gasteiger partial charge >= 0.3 is 0 Å². The van der Waals surface area contributed by atoms with E-state index in [0.717, 1.165) is 18.9 Å². The minimum atomic E-state index is -0.548. The Bertz CT molecular complexity index is 840. The van der Waals surface area contributed by atoms with Crippen molar-refractivity contribution in [3.8, 4) is 11.3 Å². The van der Waals surface area contributed by atoms with Crippen LogP contribution in [0.3, 0.4) is 0 Å². The third-order valence-electron chi connectivity index (χ3n) is 4.36. The predicted octanol–water partition coefficient (Wildman–Crippen LogP) is 2.19. The Hall–Kier alpha value is -2.87. The fourth-order valence-electron chi connectivity index (χ4n) is 2.63. The fraction of sp³-hybridized carbons (Fsp3) is 0.400. The van der Waals surface area contributed by atoms with Crippen molar-refractivity contribution >= 4 is 11.8 Å². The van der Waals surface area contributed by atoms with E-state index in [1.165, 1.54) is 6.07 Å². The van der Waals surface area contributed by atoms with Crippen LogP contribution in [-0.4, -0.2) is 58.8 Å². The van der Waals surface area contributed by atoms with Crippen LogP contribution < -0.4 is 5.32 Å². The van der Waals surface area contributed by atoms with Gasteiger partial charge in [0.05, 0.1) is 12.3 Å². The Balaban J connectivity index is 2.28. The van der Waals surface area contributed by atoms with E-state index in [1.54, 1.807) is 31.0 Å². The van der Waals surface area contributed by atoms with Gasteiger partial charge in [0.25, 0.3) is 11.8 Å². The van der Waals surface area contributed by atoms with E-state index in [1.807, 2.05) is 6.92 Å². The highest BCUT2D eigenvalue weighted by molar-refractivity contribution is 5.96. The lowest BCUT2D eigenvalue weighted by atomic mass is 10.0. The summed E-state index contributed by atoms with van der Waals surface area (Å²) in [5.41, 5.74) is 1.43. The quantitative estimate of drug-likeness (QED) is 0.723. The van der Waals surface area contributed by atoms with Gasteiger partial charge in [0, 0.05) is 31.3 Å². The van der Waals surface area contributed by atoms with E-state index in [0.29, 0.717) is 23.4 Å². The molecule has 0 aliphatic rings. The molecule has 0 radical (unpaired) electrons. The average molecular weight is 388 g/mol. The Labute approximate surface area is 163 Å². The van der Waals surface area contributed by atoms with E-state index < -0.39 is 11.7 Å². The molecule has 0 saturated heterocycles. The number of hydrogen-bond acceptors (Lipinski definition) is 5. The first kappa shape index (κ1) is 21.4. The number of unbranched alkanes of at least 4 members (excludes halogenated alkanes) is 1. The molecule has 150 valence electrons. The zero-order valence-electron chi connectivity index (χ0n) is 16.3. The third kappa shape index (κ3) is 5.10. The van der Waals surface area contributed by atoms with Crippen LogP contribution in [0.5, 0.6) is 0 Å². The molecule has 0 atom stereocenters. The number of nitrogens with zero attached hydrogens (tertiary/aromatic N) is 3. The first-order valence-corrected chi connectivity index (χ1v) is 9.17. The summed E-state index contributed by atoms with van der Waals surface area (Å²) in [4.78, 5) is 26.0. The summed E-state index contributed by atoms with van der Waals surface area (Å²) in [6, 6.07) is 5.79. The van der Waals surface area contributed by atoms with Crippen LogP contribution in [0.2, 0.25) is 0 Å². The summed E-state index contributed by atoms with van der Waals surface area (Å²) < 4.78 is 14.3. The molecule has 2 rings (SSSR count). The van der Waals surface area contributed by atoms with E-state index >= 15 is 0 Å². The van der Waals surface area contributed by atoms with E-state index in [-0.39, 0.29) is 30.3 Å². The normalized spacial score (nSPS) is 10.6. The maximum Gasteiger partial charge on any atom is 0.274 e. The Morgan fingerprint density at radius 3 is 2.61 bits per heavy atom. The molecule has 0 fully saturated rings. The number of aromatic nitrogens is 2. The molecule has 28 heavy (non-hydrogen) atoms. The largest absolute Gasteiger partial charge is 0.395 e. The SMILES string of the molecule is CCCCN(C)C(=O)c1ccc(-c2cc(C(=O)NCCO)cc(F)c2C)nn1. The minimum absolute atomic E-state index is 0.0752. The van der Waals surface area contributed by atoms with Gasteiger partial charge in [0.15, 0.2) is 5.69 Å². The van der Waals surface area contributed by atoms with Gasteiger partial charge in [0.2, 0.25) is 0 Å². The number of rotatable bonds is 8. The van der Waals surface area contributed by atoms with Crippen LogP contribution in [0.4, 0.5) is 4.39 Å². The average Bonchev–Trinajstić information content (AvgIpc) is 2.71. The second-order valence-electron chi connectivity index (χ2n) is 6.49. The molecule has 0 bridgehead atoms. The van der Waals surface area contributed by atoms with Gasteiger partial charge in [-0.2, -0.15) is 0 Å². The molecule has 1 heterocycles. The molecule has 1 aromatic heterocycles. The van der Waals surface area contributed by atoms with Crippen molar-refractivity contribution in [2.75, 3.05) is 26.7 Å². The first-order valence-electron chi connectivity index (χ1n) is 9.17. The number of aliphatic hydroxyl groups excluding tert-OH is 1. The number of carbonyl (C=O) groups excluding carboxylic acids is 2. The van der Waals surface area contributed by atoms with Crippen molar-refractivity contribution in [1.82, 2.24) is 20.4 Å². The van der Waals surface area contributed by atoms with E-state index in [2.05, 4.69) is 15.5 Å². The predicted molar refractivity (Wildman–Crippen MR) is 103 cm³/mol. The van der Waals surface area contributed by atoms with Gasteiger partial charge in [-0.3, -0.25) is 9.59 Å². The number of amides is 2. The van der Waals surface area contributed by atoms with Crippen molar-refractivity contribution in [3.63, 3.8) is 0 Å². The highest BCUT2D eigenvalue weighted by atomic mass is 19.1. The monoisotopic (exact) mass is 388 g/mol. The second kappa shape index (κ2) is 9.89. The van der Waals surface area contributed by atoms with Crippen molar-refractivity contribution in [2.45, 2.75) is 26.7 Å². The number of carbonyl (C=O) groups is 2. The van der Waals surface area contributed by atoms with Gasteiger partial charge in [-0.05, 0) is 43.2 Å². The number of nitrogens with one attached hydrogen (secondary N) is 1. The van der Waals surface area contributed by atoms with Crippen LogP contribution in [0.25, 0.3) is 11.3 Å². The fourth-order valence-corrected chi connectivity index (χ4v) is 2.63. The van der Waals surface area contributed by atoms with Crippen LogP contribution in [-0.2, 0) is 0 Å². The van der Waals surface area contributed by atoms with Crippen LogP contribution in [0.15, 0.2) is 24.3 Å². The molecule has 0 aliphatic heterocycles. The standard InChI is InChI=1S/C20H25FN4O3/c1-4-5-9-25(3)20(28)18-7-6-17(23-24-18)15-11-14(12-16(21)13(15)2)19(27)22-8-10-26/h6-7,11-12,26H,4-5,8-10H2,1-3H3,(H,22,27). The van der Waals surface area contributed by atoms with Gasteiger partial charge in [-0.25, -0.2) is 4.39 Å². The van der Waals surface area contributed by atoms with Crippen molar-refractivity contribution < 1.29 is 19.1 Å². The number of aliphatic hydroxyl groups is 1. The summed E-state index contributed by atoms with van der Waals surface area (Å²) >= 11 is 0. The van der Waals surface area contributed by atoms with Crippen molar-refractivity contribution in [2.24, 2.45) is 0 Å². The molecule has 2 N–H and O–H groups in total. The maximum atomic E-state index is 14.3. The van der Waals surface area contributed by atoms with E-state index in [9.17, 15) is 14.0 Å². The maximum absolute atomic E-state index is 14.3. The molecule has 2 aromatic rings. The third-order valence-corrected chi connectivity index (χ3v) is 4.36. The molecular formula is C20H25FN4O3. The molecule has 0 aliphatic carbocycles. The highest BCUT2D eigenvalue weighted by Crippen LogP contribution is 2.25. The lowest BCUT2D eigenvalue weighted by Crippen LogP contribution is -2.28. The van der Waals surface area contributed by atoms with Gasteiger partial charge < -0.3 is 15.3 Å².